The Balaban J connectivity index is 1.53. The van der Waals surface area contributed by atoms with Crippen LogP contribution in [0.5, 0.6) is 0 Å². The second-order valence-corrected chi connectivity index (χ2v) is 6.53. The Kier molecular flexibility index (Phi) is 4.60. The minimum atomic E-state index is -0.486. The maximum Gasteiger partial charge on any atom is 0.269 e. The second-order valence-electron chi connectivity index (χ2n) is 6.12. The number of carbonyl (C=O) groups excluding carboxylic acids is 1. The van der Waals surface area contributed by atoms with Gasteiger partial charge in [-0.1, -0.05) is 60.1 Å². The summed E-state index contributed by atoms with van der Waals surface area (Å²) in [5.74, 6) is -0.783. The lowest BCUT2D eigenvalue weighted by Crippen LogP contribution is -2.23. The molecule has 4 aromatic rings. The largest absolute Gasteiger partial charge is 0.347 e. The minimum Gasteiger partial charge on any atom is -0.347 e. The molecule has 27 heavy (non-hydrogen) atoms. The monoisotopic (exact) mass is 379 g/mol. The number of halogens is 2. The van der Waals surface area contributed by atoms with Crippen LogP contribution in [0.4, 0.5) is 4.39 Å². The molecule has 0 saturated carbocycles. The van der Waals surface area contributed by atoms with Crippen molar-refractivity contribution in [2.45, 2.75) is 6.54 Å². The van der Waals surface area contributed by atoms with Gasteiger partial charge in [0.15, 0.2) is 0 Å². The first-order chi connectivity index (χ1) is 13.1. The third-order valence-corrected chi connectivity index (χ3v) is 4.61. The predicted octanol–water partition coefficient (Wildman–Crippen LogP) is 4.95. The van der Waals surface area contributed by atoms with E-state index < -0.39 is 5.82 Å². The van der Waals surface area contributed by atoms with Crippen molar-refractivity contribution in [3.8, 4) is 11.3 Å². The fourth-order valence-corrected chi connectivity index (χ4v) is 3.16. The van der Waals surface area contributed by atoms with Crippen LogP contribution < -0.4 is 5.32 Å². The van der Waals surface area contributed by atoms with Crippen molar-refractivity contribution >= 4 is 28.3 Å². The first-order valence-corrected chi connectivity index (χ1v) is 8.75. The predicted molar refractivity (Wildman–Crippen MR) is 104 cm³/mol. The Bertz CT molecular complexity index is 1130. The molecule has 0 bridgehead atoms. The van der Waals surface area contributed by atoms with Gasteiger partial charge in [0.1, 0.15) is 11.5 Å². The molecule has 3 aromatic carbocycles. The van der Waals surface area contributed by atoms with Crippen LogP contribution in [0.15, 0.2) is 66.7 Å². The first kappa shape index (κ1) is 17.2. The molecule has 0 aliphatic carbocycles. The zero-order valence-electron chi connectivity index (χ0n) is 14.2. The summed E-state index contributed by atoms with van der Waals surface area (Å²) in [6.45, 7) is 0.238. The van der Waals surface area contributed by atoms with Gasteiger partial charge >= 0.3 is 0 Å². The number of hydrogen-bond acceptors (Lipinski definition) is 2. The molecule has 4 rings (SSSR count). The Hall–Kier alpha value is -3.18. The van der Waals surface area contributed by atoms with Crippen molar-refractivity contribution in [1.29, 1.82) is 0 Å². The minimum absolute atomic E-state index is 0.0292. The van der Waals surface area contributed by atoms with Crippen LogP contribution in [-0.2, 0) is 6.54 Å². The standard InChI is InChI=1S/C21H15ClFN3O/c22-17-10-13(8-9-18(17)23)12-24-21(27)20-11-19(25-26-20)16-7-3-5-14-4-1-2-6-15(14)16/h1-11H,12H2,(H,24,27)(H,25,26). The molecule has 0 spiro atoms. The lowest BCUT2D eigenvalue weighted by Gasteiger charge is -2.05. The molecule has 0 aliphatic heterocycles. The zero-order chi connectivity index (χ0) is 18.8. The molecule has 2 N–H and O–H groups in total. The van der Waals surface area contributed by atoms with Crippen LogP contribution in [0.2, 0.25) is 5.02 Å². The molecular formula is C21H15ClFN3O. The van der Waals surface area contributed by atoms with Gasteiger partial charge in [0.2, 0.25) is 0 Å². The Labute approximate surface area is 160 Å². The van der Waals surface area contributed by atoms with Crippen LogP contribution in [0.3, 0.4) is 0 Å². The SMILES string of the molecule is O=C(NCc1ccc(F)c(Cl)c1)c1cc(-c2cccc3ccccc23)n[nH]1. The normalized spacial score (nSPS) is 10.9. The molecule has 4 nitrogen and oxygen atoms in total. The highest BCUT2D eigenvalue weighted by atomic mass is 35.5. The van der Waals surface area contributed by atoms with Crippen LogP contribution in [0.1, 0.15) is 16.1 Å². The maximum absolute atomic E-state index is 13.2. The number of hydrogen-bond donors (Lipinski definition) is 2. The number of aromatic nitrogens is 2. The Morgan fingerprint density at radius 2 is 1.89 bits per heavy atom. The number of H-pyrrole nitrogens is 1. The van der Waals surface area contributed by atoms with E-state index in [1.807, 2.05) is 42.5 Å². The number of rotatable bonds is 4. The van der Waals surface area contributed by atoms with Crippen molar-refractivity contribution in [3.05, 3.63) is 88.8 Å². The van der Waals surface area contributed by atoms with Gasteiger partial charge in [0, 0.05) is 12.1 Å². The molecule has 0 fully saturated rings. The topological polar surface area (TPSA) is 57.8 Å². The van der Waals surface area contributed by atoms with Crippen molar-refractivity contribution in [3.63, 3.8) is 0 Å². The molecule has 1 amide bonds. The summed E-state index contributed by atoms with van der Waals surface area (Å²) >= 11 is 5.76. The van der Waals surface area contributed by atoms with Crippen LogP contribution in [0.25, 0.3) is 22.0 Å². The van der Waals surface area contributed by atoms with E-state index >= 15 is 0 Å². The fraction of sp³-hybridized carbons (Fsp3) is 0.0476. The van der Waals surface area contributed by atoms with E-state index in [4.69, 9.17) is 11.6 Å². The van der Waals surface area contributed by atoms with E-state index in [2.05, 4.69) is 15.5 Å². The molecular weight excluding hydrogens is 365 g/mol. The molecule has 0 atom stereocenters. The third kappa shape index (κ3) is 3.55. The first-order valence-electron chi connectivity index (χ1n) is 8.37. The lowest BCUT2D eigenvalue weighted by atomic mass is 10.0. The van der Waals surface area contributed by atoms with Gasteiger partial charge in [0.05, 0.1) is 10.7 Å². The summed E-state index contributed by atoms with van der Waals surface area (Å²) < 4.78 is 13.2. The van der Waals surface area contributed by atoms with Crippen LogP contribution in [-0.4, -0.2) is 16.1 Å². The summed E-state index contributed by atoms with van der Waals surface area (Å²) in [6, 6.07) is 20.1. The number of aromatic amines is 1. The van der Waals surface area contributed by atoms with Crippen molar-refractivity contribution in [1.82, 2.24) is 15.5 Å². The van der Waals surface area contributed by atoms with E-state index in [1.54, 1.807) is 12.1 Å². The summed E-state index contributed by atoms with van der Waals surface area (Å²) in [5.41, 5.74) is 2.71. The van der Waals surface area contributed by atoms with Gasteiger partial charge in [-0.05, 0) is 34.5 Å². The van der Waals surface area contributed by atoms with Gasteiger partial charge in [-0.15, -0.1) is 0 Å². The van der Waals surface area contributed by atoms with Crippen molar-refractivity contribution in [2.24, 2.45) is 0 Å². The molecule has 0 saturated heterocycles. The summed E-state index contributed by atoms with van der Waals surface area (Å²) in [5, 5.41) is 12.0. The maximum atomic E-state index is 13.2. The highest BCUT2D eigenvalue weighted by molar-refractivity contribution is 6.30. The number of nitrogens with one attached hydrogen (secondary N) is 2. The van der Waals surface area contributed by atoms with Crippen molar-refractivity contribution in [2.75, 3.05) is 0 Å². The van der Waals surface area contributed by atoms with Gasteiger partial charge in [-0.3, -0.25) is 9.89 Å². The van der Waals surface area contributed by atoms with E-state index in [9.17, 15) is 9.18 Å². The Morgan fingerprint density at radius 1 is 1.07 bits per heavy atom. The molecule has 134 valence electrons. The number of nitrogens with zero attached hydrogens (tertiary/aromatic N) is 1. The molecule has 0 aliphatic rings. The lowest BCUT2D eigenvalue weighted by molar-refractivity contribution is 0.0946. The van der Waals surface area contributed by atoms with E-state index in [0.717, 1.165) is 16.3 Å². The van der Waals surface area contributed by atoms with Gasteiger partial charge in [-0.25, -0.2) is 4.39 Å². The molecule has 0 radical (unpaired) electrons. The number of fused-ring (bicyclic) bond motifs is 1. The number of amides is 1. The van der Waals surface area contributed by atoms with Gasteiger partial charge in [0.25, 0.3) is 5.91 Å². The van der Waals surface area contributed by atoms with Crippen LogP contribution in [0, 0.1) is 5.82 Å². The van der Waals surface area contributed by atoms with Crippen LogP contribution >= 0.6 is 11.6 Å². The smallest absolute Gasteiger partial charge is 0.269 e. The van der Waals surface area contributed by atoms with Crippen molar-refractivity contribution < 1.29 is 9.18 Å². The Morgan fingerprint density at radius 3 is 2.74 bits per heavy atom. The molecule has 1 aromatic heterocycles. The van der Waals surface area contributed by atoms with Gasteiger partial charge in [-0.2, -0.15) is 5.10 Å². The quantitative estimate of drug-likeness (QED) is 0.527. The van der Waals surface area contributed by atoms with E-state index in [1.165, 1.54) is 12.1 Å². The van der Waals surface area contributed by atoms with E-state index in [0.29, 0.717) is 17.0 Å². The fourth-order valence-electron chi connectivity index (χ4n) is 2.95. The number of benzene rings is 3. The number of carbonyl (C=O) groups is 1. The summed E-state index contributed by atoms with van der Waals surface area (Å²) in [7, 11) is 0. The highest BCUT2D eigenvalue weighted by Gasteiger charge is 2.13. The molecule has 1 heterocycles. The van der Waals surface area contributed by atoms with Gasteiger partial charge < -0.3 is 5.32 Å². The molecule has 0 unspecified atom stereocenters. The summed E-state index contributed by atoms with van der Waals surface area (Å²) in [6.07, 6.45) is 0. The highest BCUT2D eigenvalue weighted by Crippen LogP contribution is 2.27. The average Bonchev–Trinajstić information content (AvgIpc) is 3.18. The van der Waals surface area contributed by atoms with E-state index in [-0.39, 0.29) is 17.5 Å². The molecule has 6 heteroatoms. The summed E-state index contributed by atoms with van der Waals surface area (Å²) in [4.78, 5) is 12.4. The third-order valence-electron chi connectivity index (χ3n) is 4.33. The second kappa shape index (κ2) is 7.21. The zero-order valence-corrected chi connectivity index (χ0v) is 14.9. The average molecular weight is 380 g/mol.